The third-order valence-corrected chi connectivity index (χ3v) is 3.79. The molecule has 0 unspecified atom stereocenters. The minimum absolute atomic E-state index is 0.111. The molecule has 0 fully saturated rings. The fourth-order valence-electron chi connectivity index (χ4n) is 2.50. The van der Waals surface area contributed by atoms with Gasteiger partial charge in [-0.05, 0) is 32.9 Å². The molecule has 6 nitrogen and oxygen atoms in total. The minimum Gasteiger partial charge on any atom is -0.726 e. The van der Waals surface area contributed by atoms with Crippen LogP contribution >= 0.6 is 0 Å². The summed E-state index contributed by atoms with van der Waals surface area (Å²) in [4.78, 5) is 0. The van der Waals surface area contributed by atoms with Crippen molar-refractivity contribution in [1.82, 2.24) is 0 Å². The number of rotatable bonds is 2. The molecule has 0 spiro atoms. The molecule has 118 valence electrons. The van der Waals surface area contributed by atoms with Gasteiger partial charge < -0.3 is 9.29 Å². The third kappa shape index (κ3) is 4.03. The summed E-state index contributed by atoms with van der Waals surface area (Å²) in [5, 5.41) is 0. The molecule has 0 aromatic heterocycles. The van der Waals surface area contributed by atoms with E-state index in [0.717, 1.165) is 12.3 Å². The number of fused-ring (bicyclic) bond motifs is 1. The predicted octanol–water partition coefficient (Wildman–Crippen LogP) is 2.12. The topological polar surface area (TPSA) is 89.7 Å². The highest BCUT2D eigenvalue weighted by atomic mass is 32.3. The second-order valence-electron chi connectivity index (χ2n) is 5.27. The number of benzene rings is 1. The second-order valence-corrected chi connectivity index (χ2v) is 6.12. The smallest absolute Gasteiger partial charge is 0.215 e. The first kappa shape index (κ1) is 17.6. The van der Waals surface area contributed by atoms with Crippen LogP contribution in [-0.4, -0.2) is 41.5 Å². The van der Waals surface area contributed by atoms with Gasteiger partial charge >= 0.3 is 0 Å². The first-order valence-electron chi connectivity index (χ1n) is 6.50. The lowest BCUT2D eigenvalue weighted by atomic mass is 9.82. The summed E-state index contributed by atoms with van der Waals surface area (Å²) in [7, 11) is -3.20. The van der Waals surface area contributed by atoms with E-state index in [1.54, 1.807) is 7.11 Å². The summed E-state index contributed by atoms with van der Waals surface area (Å²) < 4.78 is 40.5. The van der Waals surface area contributed by atoms with Crippen LogP contribution in [0.3, 0.4) is 0 Å². The van der Waals surface area contributed by atoms with Crippen molar-refractivity contribution in [3.05, 3.63) is 23.8 Å². The summed E-state index contributed by atoms with van der Waals surface area (Å²) in [6.07, 6.45) is 0. The monoisotopic (exact) mass is 315 g/mol. The Hall–Kier alpha value is -1.44. The van der Waals surface area contributed by atoms with Gasteiger partial charge in [0.05, 0.1) is 12.5 Å². The molecule has 0 bridgehead atoms. The molecule has 0 saturated carbocycles. The highest BCUT2D eigenvalue weighted by Crippen LogP contribution is 2.40. The fraction of sp³-hybridized carbons (Fsp3) is 0.500. The van der Waals surface area contributed by atoms with Crippen LogP contribution in [0.2, 0.25) is 0 Å². The van der Waals surface area contributed by atoms with Crippen molar-refractivity contribution in [2.24, 2.45) is 0 Å². The van der Waals surface area contributed by atoms with Gasteiger partial charge in [-0.2, -0.15) is 4.58 Å². The second kappa shape index (κ2) is 6.13. The molecule has 1 aromatic carbocycles. The zero-order valence-electron chi connectivity index (χ0n) is 12.9. The quantitative estimate of drug-likeness (QED) is 0.513. The van der Waals surface area contributed by atoms with Crippen molar-refractivity contribution >= 4 is 21.8 Å². The van der Waals surface area contributed by atoms with E-state index >= 15 is 0 Å². The van der Waals surface area contributed by atoms with Crippen molar-refractivity contribution < 1.29 is 26.8 Å². The minimum atomic E-state index is -4.92. The van der Waals surface area contributed by atoms with E-state index in [0.29, 0.717) is 0 Å². The van der Waals surface area contributed by atoms with Crippen LogP contribution in [0.1, 0.15) is 33.3 Å². The molecule has 0 amide bonds. The maximum absolute atomic E-state index is 8.63. The Morgan fingerprint density at radius 1 is 1.38 bits per heavy atom. The molecule has 1 heterocycles. The first-order chi connectivity index (χ1) is 9.52. The number of ether oxygens (including phenoxy) is 1. The van der Waals surface area contributed by atoms with Crippen molar-refractivity contribution in [1.29, 1.82) is 0 Å². The normalized spacial score (nSPS) is 16.1. The number of nitrogens with zero attached hydrogens (tertiary/aromatic N) is 1. The van der Waals surface area contributed by atoms with Crippen molar-refractivity contribution in [2.45, 2.75) is 33.1 Å². The van der Waals surface area contributed by atoms with E-state index in [4.69, 9.17) is 22.3 Å². The average molecular weight is 315 g/mol. The lowest BCUT2D eigenvalue weighted by Gasteiger charge is -2.15. The molecule has 2 rings (SSSR count). The Labute approximate surface area is 125 Å². The Bertz CT molecular complexity index is 654. The van der Waals surface area contributed by atoms with Crippen LogP contribution in [0, 0.1) is 0 Å². The Kier molecular flexibility index (Phi) is 5.14. The molecular weight excluding hydrogens is 294 g/mol. The van der Waals surface area contributed by atoms with Gasteiger partial charge in [0.25, 0.3) is 0 Å². The van der Waals surface area contributed by atoms with Crippen molar-refractivity contribution in [3.63, 3.8) is 0 Å². The summed E-state index contributed by atoms with van der Waals surface area (Å²) >= 11 is 0. The lowest BCUT2D eigenvalue weighted by molar-refractivity contribution is -0.434. The number of hydrogen-bond donors (Lipinski definition) is 1. The van der Waals surface area contributed by atoms with Gasteiger partial charge in [-0.15, -0.1) is 0 Å². The first-order valence-corrected chi connectivity index (χ1v) is 7.87. The molecule has 21 heavy (non-hydrogen) atoms. The van der Waals surface area contributed by atoms with Crippen LogP contribution in [0.15, 0.2) is 18.2 Å². The molecule has 7 heteroatoms. The molecular formula is C14H21NO5S. The zero-order chi connectivity index (χ0) is 16.4. The molecule has 0 atom stereocenters. The highest BCUT2D eigenvalue weighted by Gasteiger charge is 2.42. The van der Waals surface area contributed by atoms with Gasteiger partial charge in [0.1, 0.15) is 12.3 Å². The van der Waals surface area contributed by atoms with E-state index in [9.17, 15) is 0 Å². The Balaban J connectivity index is 0.000000383. The molecule has 1 aromatic rings. The van der Waals surface area contributed by atoms with Crippen LogP contribution in [0.5, 0.6) is 5.75 Å². The molecule has 1 aliphatic rings. The maximum Gasteiger partial charge on any atom is 0.215 e. The standard InChI is InChI=1S/C14H20NO.H2O4S/c1-6-15-10(2)14(3,4)12-9-11(16-5)7-8-13(12)15;1-5(2,3)4/h7-9H,6H2,1-5H3;(H2,1,2,3,4)/q+1;/p-1. The maximum atomic E-state index is 8.63. The third-order valence-electron chi connectivity index (χ3n) is 3.79. The molecule has 0 aliphatic carbocycles. The van der Waals surface area contributed by atoms with E-state index in [-0.39, 0.29) is 5.41 Å². The van der Waals surface area contributed by atoms with Gasteiger partial charge in [-0.1, -0.05) is 0 Å². The van der Waals surface area contributed by atoms with Gasteiger partial charge in [0.15, 0.2) is 5.71 Å². The highest BCUT2D eigenvalue weighted by molar-refractivity contribution is 7.79. The van der Waals surface area contributed by atoms with Crippen LogP contribution in [-0.2, 0) is 15.8 Å². The number of hydrogen-bond acceptors (Lipinski definition) is 4. The zero-order valence-corrected chi connectivity index (χ0v) is 13.7. The van der Waals surface area contributed by atoms with E-state index in [2.05, 4.69) is 44.4 Å². The Morgan fingerprint density at radius 2 is 1.90 bits per heavy atom. The van der Waals surface area contributed by atoms with E-state index in [1.807, 2.05) is 6.07 Å². The summed E-state index contributed by atoms with van der Waals surface area (Å²) in [5.74, 6) is 0.942. The fourth-order valence-corrected chi connectivity index (χ4v) is 2.50. The largest absolute Gasteiger partial charge is 0.726 e. The predicted molar refractivity (Wildman–Crippen MR) is 79.5 cm³/mol. The van der Waals surface area contributed by atoms with Crippen molar-refractivity contribution in [2.75, 3.05) is 13.7 Å². The van der Waals surface area contributed by atoms with E-state index < -0.39 is 10.4 Å². The molecule has 1 N–H and O–H groups in total. The van der Waals surface area contributed by atoms with Gasteiger partial charge in [0.2, 0.25) is 16.1 Å². The molecule has 0 radical (unpaired) electrons. The SMILES string of the molecule is CC[N+]1=C(C)C(C)(C)c2cc(OC)ccc21.O=S(=O)([O-])O. The van der Waals surface area contributed by atoms with Crippen molar-refractivity contribution in [3.8, 4) is 5.75 Å². The van der Waals surface area contributed by atoms with Gasteiger partial charge in [-0.25, -0.2) is 8.42 Å². The number of methoxy groups -OCH3 is 1. The Morgan fingerprint density at radius 3 is 2.33 bits per heavy atom. The summed E-state index contributed by atoms with van der Waals surface area (Å²) in [5.41, 5.74) is 4.22. The van der Waals surface area contributed by atoms with Crippen LogP contribution in [0.25, 0.3) is 0 Å². The lowest BCUT2D eigenvalue weighted by Crippen LogP contribution is -2.26. The molecule has 1 aliphatic heterocycles. The summed E-state index contributed by atoms with van der Waals surface area (Å²) in [6.45, 7) is 9.98. The van der Waals surface area contributed by atoms with Gasteiger partial charge in [0, 0.05) is 18.6 Å². The average Bonchev–Trinajstić information content (AvgIpc) is 2.55. The van der Waals surface area contributed by atoms with Gasteiger partial charge in [-0.3, -0.25) is 4.55 Å². The van der Waals surface area contributed by atoms with E-state index in [1.165, 1.54) is 17.0 Å². The van der Waals surface area contributed by atoms with Crippen LogP contribution < -0.4 is 4.74 Å². The van der Waals surface area contributed by atoms with Crippen LogP contribution in [0.4, 0.5) is 5.69 Å². The summed E-state index contributed by atoms with van der Waals surface area (Å²) in [6, 6.07) is 6.36. The molecule has 0 saturated heterocycles.